The number of carbonyl (C=O) groups excluding carboxylic acids is 2. The maximum Gasteiger partial charge on any atom is 0.246 e. The Kier molecular flexibility index (Phi) is 9.28. The number of anilines is 2. The highest BCUT2D eigenvalue weighted by atomic mass is 127. The van der Waals surface area contributed by atoms with Crippen molar-refractivity contribution < 1.29 is 9.59 Å². The first-order chi connectivity index (χ1) is 14.5. The molecule has 2 N–H and O–H groups in total. The van der Waals surface area contributed by atoms with E-state index in [4.69, 9.17) is 0 Å². The maximum absolute atomic E-state index is 12.6. The normalized spacial score (nSPS) is 14.3. The smallest absolute Gasteiger partial charge is 0.246 e. The predicted molar refractivity (Wildman–Crippen MR) is 133 cm³/mol. The molecule has 168 valence electrons. The summed E-state index contributed by atoms with van der Waals surface area (Å²) in [5, 5.41) is 10.4. The molecule has 2 aromatic rings. The van der Waals surface area contributed by atoms with Crippen LogP contribution in [0, 0.1) is 0 Å². The molecule has 0 aliphatic carbocycles. The van der Waals surface area contributed by atoms with Gasteiger partial charge in [0.15, 0.2) is 5.96 Å². The second kappa shape index (κ2) is 11.7. The number of hydrogen-bond donors (Lipinski definition) is 2. The summed E-state index contributed by atoms with van der Waals surface area (Å²) in [5.74, 6) is 0.705. The molecule has 0 radical (unpaired) electrons. The van der Waals surface area contributed by atoms with Gasteiger partial charge in [0.05, 0.1) is 11.9 Å². The van der Waals surface area contributed by atoms with Crippen LogP contribution in [-0.2, 0) is 23.2 Å². The topological polar surface area (TPSA) is 94.9 Å². The molecule has 0 saturated carbocycles. The van der Waals surface area contributed by atoms with Crippen molar-refractivity contribution in [3.8, 4) is 0 Å². The molecule has 1 aliphatic heterocycles. The minimum absolute atomic E-state index is 0. The lowest BCUT2D eigenvalue weighted by molar-refractivity contribution is -0.120. The Labute approximate surface area is 199 Å². The van der Waals surface area contributed by atoms with E-state index < -0.39 is 0 Å². The predicted octanol–water partition coefficient (Wildman–Crippen LogP) is 2.20. The van der Waals surface area contributed by atoms with E-state index in [-0.39, 0.29) is 42.3 Å². The van der Waals surface area contributed by atoms with E-state index in [0.29, 0.717) is 32.0 Å². The molecule has 1 fully saturated rings. The van der Waals surface area contributed by atoms with E-state index >= 15 is 0 Å². The van der Waals surface area contributed by atoms with Gasteiger partial charge in [0.25, 0.3) is 0 Å². The molecule has 10 heteroatoms. The number of aromatic nitrogens is 2. The number of carbonyl (C=O) groups is 2. The van der Waals surface area contributed by atoms with Gasteiger partial charge in [-0.1, -0.05) is 19.1 Å². The molecule has 3 rings (SSSR count). The minimum atomic E-state index is 0. The number of rotatable bonds is 6. The highest BCUT2D eigenvalue weighted by Crippen LogP contribution is 2.16. The van der Waals surface area contributed by atoms with E-state index in [1.807, 2.05) is 49.3 Å². The Hall–Kier alpha value is -2.63. The number of piperazine rings is 1. The number of hydrogen-bond acceptors (Lipinski definition) is 4. The summed E-state index contributed by atoms with van der Waals surface area (Å²) in [4.78, 5) is 32.5. The van der Waals surface area contributed by atoms with Crippen LogP contribution in [0.5, 0.6) is 0 Å². The number of benzene rings is 1. The van der Waals surface area contributed by atoms with E-state index in [9.17, 15) is 9.59 Å². The fourth-order valence-electron chi connectivity index (χ4n) is 3.40. The van der Waals surface area contributed by atoms with Crippen LogP contribution in [0.1, 0.15) is 25.3 Å². The van der Waals surface area contributed by atoms with Crippen LogP contribution < -0.4 is 15.5 Å². The summed E-state index contributed by atoms with van der Waals surface area (Å²) in [6, 6.07) is 7.72. The zero-order valence-corrected chi connectivity index (χ0v) is 20.5. The third kappa shape index (κ3) is 6.68. The number of aryl methyl sites for hydroxylation is 1. The van der Waals surface area contributed by atoms with Crippen LogP contribution in [0.15, 0.2) is 41.7 Å². The van der Waals surface area contributed by atoms with Crippen LogP contribution >= 0.6 is 24.0 Å². The molecular formula is C21H30IN7O2. The molecule has 0 spiro atoms. The van der Waals surface area contributed by atoms with Crippen LogP contribution in [0.2, 0.25) is 0 Å². The van der Waals surface area contributed by atoms with Gasteiger partial charge >= 0.3 is 0 Å². The number of nitrogens with zero attached hydrogens (tertiary/aromatic N) is 5. The molecule has 0 unspecified atom stereocenters. The van der Waals surface area contributed by atoms with Gasteiger partial charge in [0, 0.05) is 52.0 Å². The van der Waals surface area contributed by atoms with Crippen molar-refractivity contribution in [2.45, 2.75) is 26.3 Å². The van der Waals surface area contributed by atoms with Gasteiger partial charge in [-0.2, -0.15) is 5.10 Å². The second-order valence-corrected chi connectivity index (χ2v) is 7.24. The van der Waals surface area contributed by atoms with Gasteiger partial charge in [0.2, 0.25) is 11.8 Å². The van der Waals surface area contributed by atoms with Crippen molar-refractivity contribution in [1.29, 1.82) is 0 Å². The van der Waals surface area contributed by atoms with E-state index in [2.05, 4.69) is 20.7 Å². The van der Waals surface area contributed by atoms with Gasteiger partial charge in [0.1, 0.15) is 6.54 Å². The van der Waals surface area contributed by atoms with Crippen LogP contribution in [0.3, 0.4) is 0 Å². The molecule has 1 aromatic carbocycles. The lowest BCUT2D eigenvalue weighted by Gasteiger charge is -2.35. The maximum atomic E-state index is 12.6. The Morgan fingerprint density at radius 2 is 2.10 bits per heavy atom. The molecule has 0 atom stereocenters. The van der Waals surface area contributed by atoms with Gasteiger partial charge in [-0.3, -0.25) is 19.3 Å². The summed E-state index contributed by atoms with van der Waals surface area (Å²) in [6.07, 6.45) is 4.87. The molecule has 1 aliphatic rings. The van der Waals surface area contributed by atoms with Crippen molar-refractivity contribution in [3.63, 3.8) is 0 Å². The van der Waals surface area contributed by atoms with Crippen molar-refractivity contribution in [1.82, 2.24) is 20.0 Å². The summed E-state index contributed by atoms with van der Waals surface area (Å²) in [7, 11) is 3.54. The van der Waals surface area contributed by atoms with E-state index in [1.54, 1.807) is 22.8 Å². The van der Waals surface area contributed by atoms with Crippen LogP contribution in [0.25, 0.3) is 0 Å². The van der Waals surface area contributed by atoms with E-state index in [1.165, 1.54) is 0 Å². The summed E-state index contributed by atoms with van der Waals surface area (Å²) in [5.41, 5.74) is 2.61. The number of guanidine groups is 1. The highest BCUT2D eigenvalue weighted by Gasteiger charge is 2.27. The highest BCUT2D eigenvalue weighted by molar-refractivity contribution is 14.0. The summed E-state index contributed by atoms with van der Waals surface area (Å²) >= 11 is 0. The van der Waals surface area contributed by atoms with Gasteiger partial charge in [-0.05, 0) is 24.1 Å². The van der Waals surface area contributed by atoms with Gasteiger partial charge < -0.3 is 20.4 Å². The van der Waals surface area contributed by atoms with Gasteiger partial charge in [-0.15, -0.1) is 24.0 Å². The molecule has 2 heterocycles. The fourth-order valence-corrected chi connectivity index (χ4v) is 3.40. The molecule has 31 heavy (non-hydrogen) atoms. The SMILES string of the molecule is CCCC(=O)Nc1cccc(CNC(=NC)N2CCN(c3cnn(C)c3)C(=O)C2)c1.I. The zero-order valence-electron chi connectivity index (χ0n) is 18.2. The fraction of sp³-hybridized carbons (Fsp3) is 0.429. The average molecular weight is 539 g/mol. The molecular weight excluding hydrogens is 509 g/mol. The average Bonchev–Trinajstić information content (AvgIpc) is 3.15. The lowest BCUT2D eigenvalue weighted by Crippen LogP contribution is -2.55. The summed E-state index contributed by atoms with van der Waals surface area (Å²) in [6.45, 7) is 4.02. The second-order valence-electron chi connectivity index (χ2n) is 7.24. The Balaban J connectivity index is 0.00000341. The van der Waals surface area contributed by atoms with Crippen molar-refractivity contribution >= 4 is 53.1 Å². The third-order valence-electron chi connectivity index (χ3n) is 4.87. The Morgan fingerprint density at radius 3 is 2.74 bits per heavy atom. The summed E-state index contributed by atoms with van der Waals surface area (Å²) < 4.78 is 1.69. The quantitative estimate of drug-likeness (QED) is 0.334. The first-order valence-corrected chi connectivity index (χ1v) is 10.1. The van der Waals surface area contributed by atoms with Crippen LogP contribution in [-0.4, -0.2) is 59.1 Å². The molecule has 2 amide bonds. The standard InChI is InChI=1S/C21H29N7O2.HI/c1-4-6-19(29)25-17-8-5-7-16(11-17)12-23-21(22-2)27-9-10-28(20(30)15-27)18-13-24-26(3)14-18;/h5,7-8,11,13-14H,4,6,9-10,12,15H2,1-3H3,(H,22,23)(H,25,29);1H. The Morgan fingerprint density at radius 1 is 1.29 bits per heavy atom. The zero-order chi connectivity index (χ0) is 21.5. The monoisotopic (exact) mass is 539 g/mol. The van der Waals surface area contributed by atoms with Crippen molar-refractivity contribution in [3.05, 3.63) is 42.2 Å². The number of aliphatic imine (C=N–C) groups is 1. The molecule has 0 bridgehead atoms. The Bertz CT molecular complexity index is 928. The van der Waals surface area contributed by atoms with Crippen molar-refractivity contribution in [2.75, 3.05) is 36.9 Å². The van der Waals surface area contributed by atoms with Crippen molar-refractivity contribution in [2.24, 2.45) is 12.0 Å². The number of amides is 2. The number of nitrogens with one attached hydrogen (secondary N) is 2. The lowest BCUT2D eigenvalue weighted by atomic mass is 10.2. The van der Waals surface area contributed by atoms with E-state index in [0.717, 1.165) is 23.4 Å². The molecule has 9 nitrogen and oxygen atoms in total. The third-order valence-corrected chi connectivity index (χ3v) is 4.87. The number of halogens is 1. The minimum Gasteiger partial charge on any atom is -0.352 e. The first kappa shape index (κ1) is 24.6. The van der Waals surface area contributed by atoms with Gasteiger partial charge in [-0.25, -0.2) is 0 Å². The largest absolute Gasteiger partial charge is 0.352 e. The first-order valence-electron chi connectivity index (χ1n) is 10.1. The molecule has 1 saturated heterocycles. The molecule has 1 aromatic heterocycles. The van der Waals surface area contributed by atoms with Crippen LogP contribution in [0.4, 0.5) is 11.4 Å².